The Balaban J connectivity index is 2.21. The molecule has 0 fully saturated rings. The minimum Gasteiger partial charge on any atom is -0.370 e. The Morgan fingerprint density at radius 1 is 1.30 bits per heavy atom. The molecule has 0 aromatic carbocycles. The smallest absolute Gasteiger partial charge is 0.146 e. The highest BCUT2D eigenvalue weighted by atomic mass is 32.1. The Labute approximate surface area is 125 Å². The molecule has 0 spiro atoms. The molecule has 5 heteroatoms. The van der Waals surface area contributed by atoms with Crippen LogP contribution in [0.4, 0.5) is 5.82 Å². The maximum atomic E-state index is 4.68. The van der Waals surface area contributed by atoms with E-state index >= 15 is 0 Å². The van der Waals surface area contributed by atoms with Crippen LogP contribution in [0.25, 0.3) is 10.2 Å². The number of rotatable bonds is 5. The van der Waals surface area contributed by atoms with Gasteiger partial charge in [0.05, 0.1) is 11.9 Å². The van der Waals surface area contributed by atoms with E-state index in [4.69, 9.17) is 0 Å². The SMILES string of the molecule is CCNc1nc(CN(C)CC(C)(C)C)nc2sccc12. The second kappa shape index (κ2) is 6.06. The van der Waals surface area contributed by atoms with Crippen molar-refractivity contribution in [2.45, 2.75) is 34.2 Å². The van der Waals surface area contributed by atoms with Crippen LogP contribution in [-0.2, 0) is 6.54 Å². The van der Waals surface area contributed by atoms with Crippen molar-refractivity contribution in [2.24, 2.45) is 5.41 Å². The van der Waals surface area contributed by atoms with E-state index in [1.54, 1.807) is 11.3 Å². The lowest BCUT2D eigenvalue weighted by Gasteiger charge is -2.26. The van der Waals surface area contributed by atoms with Gasteiger partial charge in [0, 0.05) is 13.1 Å². The summed E-state index contributed by atoms with van der Waals surface area (Å²) in [6.45, 7) is 11.5. The lowest BCUT2D eigenvalue weighted by molar-refractivity contribution is 0.217. The number of anilines is 1. The second-order valence-corrected chi connectivity index (χ2v) is 7.29. The molecule has 2 heterocycles. The molecule has 0 atom stereocenters. The van der Waals surface area contributed by atoms with Crippen molar-refractivity contribution in [3.05, 3.63) is 17.3 Å². The zero-order chi connectivity index (χ0) is 14.8. The second-order valence-electron chi connectivity index (χ2n) is 6.39. The average molecular weight is 292 g/mol. The molecule has 0 aliphatic carbocycles. The molecule has 0 bridgehead atoms. The Morgan fingerprint density at radius 3 is 2.70 bits per heavy atom. The van der Waals surface area contributed by atoms with Gasteiger partial charge in [0.1, 0.15) is 16.5 Å². The summed E-state index contributed by atoms with van der Waals surface area (Å²) >= 11 is 1.67. The number of nitrogens with zero attached hydrogens (tertiary/aromatic N) is 3. The van der Waals surface area contributed by atoms with Crippen molar-refractivity contribution in [3.8, 4) is 0 Å². The van der Waals surface area contributed by atoms with Crippen molar-refractivity contribution in [1.29, 1.82) is 0 Å². The number of hydrogen-bond acceptors (Lipinski definition) is 5. The highest BCUT2D eigenvalue weighted by Crippen LogP contribution is 2.25. The van der Waals surface area contributed by atoms with Crippen molar-refractivity contribution >= 4 is 27.4 Å². The third-order valence-electron chi connectivity index (χ3n) is 2.87. The lowest BCUT2D eigenvalue weighted by Crippen LogP contribution is -2.29. The van der Waals surface area contributed by atoms with Gasteiger partial charge in [-0.1, -0.05) is 20.8 Å². The predicted octanol–water partition coefficient (Wildman–Crippen LogP) is 3.60. The van der Waals surface area contributed by atoms with Crippen molar-refractivity contribution in [3.63, 3.8) is 0 Å². The van der Waals surface area contributed by atoms with Crippen LogP contribution in [0, 0.1) is 5.41 Å². The van der Waals surface area contributed by atoms with E-state index in [0.29, 0.717) is 0 Å². The number of hydrogen-bond donors (Lipinski definition) is 1. The molecule has 0 radical (unpaired) electrons. The van der Waals surface area contributed by atoms with Gasteiger partial charge in [0.15, 0.2) is 0 Å². The predicted molar refractivity (Wildman–Crippen MR) is 87.4 cm³/mol. The molecule has 2 aromatic rings. The summed E-state index contributed by atoms with van der Waals surface area (Å²) in [5.74, 6) is 1.85. The molecule has 2 aromatic heterocycles. The van der Waals surface area contributed by atoms with Crippen LogP contribution in [-0.4, -0.2) is 35.0 Å². The summed E-state index contributed by atoms with van der Waals surface area (Å²) in [7, 11) is 2.13. The zero-order valence-electron chi connectivity index (χ0n) is 13.0. The van der Waals surface area contributed by atoms with Gasteiger partial charge in [-0.15, -0.1) is 11.3 Å². The molecule has 20 heavy (non-hydrogen) atoms. The van der Waals surface area contributed by atoms with Crippen molar-refractivity contribution in [1.82, 2.24) is 14.9 Å². The molecule has 110 valence electrons. The van der Waals surface area contributed by atoms with Crippen LogP contribution < -0.4 is 5.32 Å². The van der Waals surface area contributed by atoms with Gasteiger partial charge in [-0.3, -0.25) is 4.90 Å². The molecule has 2 rings (SSSR count). The van der Waals surface area contributed by atoms with E-state index in [1.165, 1.54) is 0 Å². The lowest BCUT2D eigenvalue weighted by atomic mass is 9.96. The fourth-order valence-electron chi connectivity index (χ4n) is 2.38. The summed E-state index contributed by atoms with van der Waals surface area (Å²) in [6.07, 6.45) is 0. The van der Waals surface area contributed by atoms with E-state index in [1.807, 2.05) is 0 Å². The fraction of sp³-hybridized carbons (Fsp3) is 0.600. The number of fused-ring (bicyclic) bond motifs is 1. The van der Waals surface area contributed by atoms with Gasteiger partial charge in [-0.05, 0) is 30.8 Å². The summed E-state index contributed by atoms with van der Waals surface area (Å²) in [4.78, 5) is 12.7. The maximum Gasteiger partial charge on any atom is 0.146 e. The molecule has 4 nitrogen and oxygen atoms in total. The summed E-state index contributed by atoms with van der Waals surface area (Å²) in [5.41, 5.74) is 0.284. The Morgan fingerprint density at radius 2 is 2.05 bits per heavy atom. The van der Waals surface area contributed by atoms with Crippen LogP contribution in [0.2, 0.25) is 0 Å². The van der Waals surface area contributed by atoms with Crippen LogP contribution >= 0.6 is 11.3 Å². The fourth-order valence-corrected chi connectivity index (χ4v) is 3.16. The van der Waals surface area contributed by atoms with Gasteiger partial charge < -0.3 is 5.32 Å². The standard InChI is InChI=1S/C15H24N4S/c1-6-16-13-11-7-8-20-14(11)18-12(17-13)9-19(5)10-15(2,3)4/h7-8H,6,9-10H2,1-5H3,(H,16,17,18). The topological polar surface area (TPSA) is 41.1 Å². The van der Waals surface area contributed by atoms with Crippen LogP contribution in [0.3, 0.4) is 0 Å². The molecule has 0 amide bonds. The van der Waals surface area contributed by atoms with E-state index in [0.717, 1.165) is 41.5 Å². The average Bonchev–Trinajstić information content (AvgIpc) is 2.74. The Hall–Kier alpha value is -1.20. The molecular weight excluding hydrogens is 268 g/mol. The Kier molecular flexibility index (Phi) is 4.60. The number of nitrogens with one attached hydrogen (secondary N) is 1. The summed E-state index contributed by atoms with van der Waals surface area (Å²) < 4.78 is 0. The van der Waals surface area contributed by atoms with Crippen LogP contribution in [0.15, 0.2) is 11.4 Å². The first-order chi connectivity index (χ1) is 9.39. The summed E-state index contributed by atoms with van der Waals surface area (Å²) in [6, 6.07) is 2.08. The highest BCUT2D eigenvalue weighted by Gasteiger charge is 2.15. The zero-order valence-corrected chi connectivity index (χ0v) is 13.8. The molecule has 0 unspecified atom stereocenters. The van der Waals surface area contributed by atoms with E-state index in [9.17, 15) is 0 Å². The quantitative estimate of drug-likeness (QED) is 0.914. The molecule has 1 N–H and O–H groups in total. The van der Waals surface area contributed by atoms with Gasteiger partial charge in [-0.2, -0.15) is 0 Å². The third kappa shape index (κ3) is 3.90. The van der Waals surface area contributed by atoms with E-state index in [-0.39, 0.29) is 5.41 Å². The minimum atomic E-state index is 0.284. The molecular formula is C15H24N4S. The van der Waals surface area contributed by atoms with E-state index < -0.39 is 0 Å². The highest BCUT2D eigenvalue weighted by molar-refractivity contribution is 7.16. The molecule has 0 aliphatic heterocycles. The minimum absolute atomic E-state index is 0.284. The molecule has 0 saturated heterocycles. The molecule has 0 saturated carbocycles. The monoisotopic (exact) mass is 292 g/mol. The molecule has 0 aliphatic rings. The first-order valence-corrected chi connectivity index (χ1v) is 7.93. The third-order valence-corrected chi connectivity index (χ3v) is 3.68. The normalized spacial score (nSPS) is 12.3. The van der Waals surface area contributed by atoms with E-state index in [2.05, 4.69) is 66.4 Å². The first kappa shape index (κ1) is 15.2. The number of thiophene rings is 1. The largest absolute Gasteiger partial charge is 0.370 e. The van der Waals surface area contributed by atoms with Gasteiger partial charge in [0.2, 0.25) is 0 Å². The maximum absolute atomic E-state index is 4.68. The van der Waals surface area contributed by atoms with Crippen LogP contribution in [0.1, 0.15) is 33.5 Å². The van der Waals surface area contributed by atoms with Gasteiger partial charge in [0.25, 0.3) is 0 Å². The van der Waals surface area contributed by atoms with Crippen molar-refractivity contribution in [2.75, 3.05) is 25.5 Å². The van der Waals surface area contributed by atoms with Crippen LogP contribution in [0.5, 0.6) is 0 Å². The van der Waals surface area contributed by atoms with Gasteiger partial charge in [-0.25, -0.2) is 9.97 Å². The van der Waals surface area contributed by atoms with Crippen molar-refractivity contribution < 1.29 is 0 Å². The first-order valence-electron chi connectivity index (χ1n) is 7.05. The number of aromatic nitrogens is 2. The Bertz CT molecular complexity index is 571. The summed E-state index contributed by atoms with van der Waals surface area (Å²) in [5, 5.41) is 6.53. The van der Waals surface area contributed by atoms with Gasteiger partial charge >= 0.3 is 0 Å².